The summed E-state index contributed by atoms with van der Waals surface area (Å²) in [5.41, 5.74) is 15.5. The van der Waals surface area contributed by atoms with Gasteiger partial charge in [-0.1, -0.05) is 103 Å². The summed E-state index contributed by atoms with van der Waals surface area (Å²) in [6.07, 6.45) is 21.8. The summed E-state index contributed by atoms with van der Waals surface area (Å²) < 4.78 is 2.92. The molecule has 0 bridgehead atoms. The molecule has 0 aliphatic heterocycles. The summed E-state index contributed by atoms with van der Waals surface area (Å²) >= 11 is 3.01. The number of rotatable bonds is 2. The van der Waals surface area contributed by atoms with Gasteiger partial charge in [-0.3, -0.25) is 0 Å². The van der Waals surface area contributed by atoms with E-state index < -0.39 is 0 Å². The maximum atomic E-state index is 2.26. The van der Waals surface area contributed by atoms with E-state index in [2.05, 4.69) is 135 Å². The maximum Gasteiger partial charge on any atom is -0.0512 e. The molecule has 0 saturated carbocycles. The van der Waals surface area contributed by atoms with Crippen molar-refractivity contribution < 1.29 is 73.3 Å². The fraction of sp³-hybridized carbons (Fsp3) is 0.346. The topological polar surface area (TPSA) is 0 Å². The molecule has 0 heterocycles. The first-order valence-corrected chi connectivity index (χ1v) is 23.1. The van der Waals surface area contributed by atoms with E-state index in [1.807, 2.05) is 12.1 Å². The Morgan fingerprint density at radius 1 is 0.357 bits per heavy atom. The fourth-order valence-corrected chi connectivity index (χ4v) is 8.65. The van der Waals surface area contributed by atoms with Crippen molar-refractivity contribution in [2.24, 2.45) is 0 Å². The van der Waals surface area contributed by atoms with E-state index in [-0.39, 0.29) is 24.8 Å². The molecule has 4 heteroatoms. The average molecular weight is 938 g/mol. The van der Waals surface area contributed by atoms with Crippen LogP contribution >= 0.6 is 0 Å². The zero-order chi connectivity index (χ0) is 37.8. The molecule has 0 aromatic heterocycles. The van der Waals surface area contributed by atoms with Crippen LogP contribution in [0.25, 0.3) is 0 Å². The van der Waals surface area contributed by atoms with Crippen LogP contribution < -0.4 is 24.8 Å². The largest absolute Gasteiger partial charge is 1.00 e. The smallest absolute Gasteiger partial charge is 0.0512 e. The molecule has 0 spiro atoms. The monoisotopic (exact) mass is 934 g/mol. The van der Waals surface area contributed by atoms with E-state index in [0.29, 0.717) is 0 Å². The van der Waals surface area contributed by atoms with Gasteiger partial charge in [0.05, 0.1) is 0 Å². The molecule has 0 N–H and O–H groups in total. The molecule has 56 heavy (non-hydrogen) atoms. The van der Waals surface area contributed by atoms with Gasteiger partial charge in [-0.2, -0.15) is 93.0 Å². The van der Waals surface area contributed by atoms with Crippen molar-refractivity contribution in [3.63, 3.8) is 0 Å². The van der Waals surface area contributed by atoms with Crippen LogP contribution in [0.4, 0.5) is 0 Å². The Labute approximate surface area is 381 Å². The molecule has 0 fully saturated rings. The second-order valence-corrected chi connectivity index (χ2v) is 18.8. The first-order chi connectivity index (χ1) is 26.5. The van der Waals surface area contributed by atoms with Crippen molar-refractivity contribution in [2.45, 2.75) is 117 Å². The van der Waals surface area contributed by atoms with Gasteiger partial charge in [-0.25, -0.2) is 24.3 Å². The number of aryl methyl sites for hydroxylation is 8. The second kappa shape index (κ2) is 27.6. The van der Waals surface area contributed by atoms with Crippen LogP contribution in [-0.2, 0) is 99.8 Å². The molecule has 0 amide bonds. The average Bonchev–Trinajstić information content (AvgIpc) is 4.07. The summed E-state index contributed by atoms with van der Waals surface area (Å²) in [5.74, 6) is 0. The van der Waals surface area contributed by atoms with E-state index in [9.17, 15) is 0 Å². The second-order valence-electron chi connectivity index (χ2n) is 15.1. The van der Waals surface area contributed by atoms with Gasteiger partial charge in [-0.15, -0.1) is 0 Å². The van der Waals surface area contributed by atoms with E-state index in [0.717, 1.165) is 0 Å². The first kappa shape index (κ1) is 48.3. The minimum Gasteiger partial charge on any atom is -1.00 e. The standard InChI is InChI=1S/4C9H11.2C8H8.2ClH.2Zr/c4*1-2-5-9-7-3-6-8(9)4-1;2*1-2-8-6-4-3-5-7-8;;;;/h4*3,6-7H,1-2,4-5H2;2*3-7H,1H3;2*1H;;/q4*-1;;;;;2*+2/p-2. The van der Waals surface area contributed by atoms with E-state index in [1.165, 1.54) is 169 Å². The molecule has 4 aliphatic rings. The Kier molecular flexibility index (Phi) is 23.8. The molecule has 4 aliphatic carbocycles. The molecule has 0 unspecified atom stereocenters. The molecule has 292 valence electrons. The van der Waals surface area contributed by atoms with Crippen molar-refractivity contribution in [3.05, 3.63) is 189 Å². The van der Waals surface area contributed by atoms with E-state index >= 15 is 0 Å². The fourth-order valence-electron chi connectivity index (χ4n) is 7.83. The quantitative estimate of drug-likeness (QED) is 0.170. The van der Waals surface area contributed by atoms with Crippen molar-refractivity contribution in [3.8, 4) is 0 Å². The van der Waals surface area contributed by atoms with Gasteiger partial charge in [0.2, 0.25) is 0 Å². The van der Waals surface area contributed by atoms with Crippen LogP contribution in [0.15, 0.2) is 133 Å². The zero-order valence-electron chi connectivity index (χ0n) is 33.8. The predicted molar refractivity (Wildman–Crippen MR) is 227 cm³/mol. The van der Waals surface area contributed by atoms with Crippen LogP contribution in [0.3, 0.4) is 0 Å². The molecule has 0 radical (unpaired) electrons. The molecule has 0 atom stereocenters. The Morgan fingerprint density at radius 2 is 0.589 bits per heavy atom. The summed E-state index contributed by atoms with van der Waals surface area (Å²) in [4.78, 5) is 0. The molecular weight excluding hydrogens is 878 g/mol. The Balaban J connectivity index is 0.000000179. The predicted octanol–water partition coefficient (Wildman–Crippen LogP) is 6.69. The Bertz CT molecular complexity index is 1620. The van der Waals surface area contributed by atoms with Crippen LogP contribution in [0.2, 0.25) is 0 Å². The van der Waals surface area contributed by atoms with Gasteiger partial charge in [-0.05, 0) is 0 Å². The number of halogens is 2. The third-order valence-electron chi connectivity index (χ3n) is 11.0. The van der Waals surface area contributed by atoms with Gasteiger partial charge in [0.15, 0.2) is 0 Å². The van der Waals surface area contributed by atoms with Crippen molar-refractivity contribution in [2.75, 3.05) is 0 Å². The summed E-state index contributed by atoms with van der Waals surface area (Å²) in [7, 11) is 0. The molecule has 6 aromatic carbocycles. The van der Waals surface area contributed by atoms with E-state index in [1.54, 1.807) is 44.5 Å². The van der Waals surface area contributed by atoms with Crippen LogP contribution in [0.5, 0.6) is 0 Å². The normalized spacial score (nSPS) is 14.1. The summed E-state index contributed by atoms with van der Waals surface area (Å²) in [6.45, 7) is 4.32. The molecular formula is C52H60Cl2Zr2-2. The number of benzene rings is 2. The van der Waals surface area contributed by atoms with Gasteiger partial charge in [0.25, 0.3) is 0 Å². The minimum atomic E-state index is 0. The van der Waals surface area contributed by atoms with Crippen molar-refractivity contribution in [1.29, 1.82) is 0 Å². The van der Waals surface area contributed by atoms with Crippen LogP contribution in [-0.4, -0.2) is 6.41 Å². The minimum absolute atomic E-state index is 0. The van der Waals surface area contributed by atoms with Crippen molar-refractivity contribution in [1.82, 2.24) is 0 Å². The maximum absolute atomic E-state index is 2.26. The summed E-state index contributed by atoms with van der Waals surface area (Å²) in [5, 5.41) is 0. The van der Waals surface area contributed by atoms with E-state index in [4.69, 9.17) is 0 Å². The third kappa shape index (κ3) is 16.7. The molecule has 6 aromatic rings. The number of hydrogen-bond donors (Lipinski definition) is 0. The number of fused-ring (bicyclic) bond motifs is 4. The first-order valence-electron chi connectivity index (χ1n) is 20.6. The van der Waals surface area contributed by atoms with Gasteiger partial charge in [0, 0.05) is 0 Å². The Hall–Kier alpha value is -2.07. The molecule has 0 nitrogen and oxygen atoms in total. The van der Waals surface area contributed by atoms with Crippen molar-refractivity contribution >= 4 is 6.41 Å². The third-order valence-corrected chi connectivity index (χ3v) is 12.4. The van der Waals surface area contributed by atoms with Gasteiger partial charge >= 0.3 is 141 Å². The summed E-state index contributed by atoms with van der Waals surface area (Å²) in [6, 6.07) is 47.7. The number of hydrogen-bond acceptors (Lipinski definition) is 0. The van der Waals surface area contributed by atoms with Gasteiger partial charge in [0.1, 0.15) is 0 Å². The van der Waals surface area contributed by atoms with Crippen LogP contribution in [0, 0.1) is 0 Å². The molecule has 10 rings (SSSR count). The van der Waals surface area contributed by atoms with Gasteiger partial charge < -0.3 is 24.8 Å². The molecule has 0 saturated heterocycles. The Morgan fingerprint density at radius 3 is 0.786 bits per heavy atom. The van der Waals surface area contributed by atoms with Crippen LogP contribution in [0.1, 0.15) is 121 Å². The zero-order valence-corrected chi connectivity index (χ0v) is 40.2. The SMILES string of the molecule is C[C](=[Zr+2])c1ccccc1.C[C](=[Zr+2])c1ccccc1.[Cl-].[Cl-].c1cc2c([cH-]1)CCCC2.c1cc2c([cH-]1)CCCC2.c1cc2c([cH-]1)CCCC2.c1cc2c([cH-]1)CCCC2.